The van der Waals surface area contributed by atoms with Crippen molar-refractivity contribution in [3.63, 3.8) is 0 Å². The SMILES string of the molecule is CCCCOC1CC(=CCCCOC)CC(C)C1CC. The molecule has 1 saturated carbocycles. The molecule has 0 bridgehead atoms. The predicted octanol–water partition coefficient (Wildman–Crippen LogP) is 4.98. The van der Waals surface area contributed by atoms with Crippen LogP contribution in [-0.4, -0.2) is 26.4 Å². The van der Waals surface area contributed by atoms with Crippen molar-refractivity contribution < 1.29 is 9.47 Å². The van der Waals surface area contributed by atoms with Crippen LogP contribution in [0.1, 0.15) is 65.7 Å². The van der Waals surface area contributed by atoms with Gasteiger partial charge in [0.25, 0.3) is 0 Å². The van der Waals surface area contributed by atoms with Crippen molar-refractivity contribution in [1.82, 2.24) is 0 Å². The zero-order valence-corrected chi connectivity index (χ0v) is 14.0. The molecule has 118 valence electrons. The summed E-state index contributed by atoms with van der Waals surface area (Å²) in [6.45, 7) is 8.73. The molecule has 1 aliphatic rings. The molecule has 20 heavy (non-hydrogen) atoms. The summed E-state index contributed by atoms with van der Waals surface area (Å²) < 4.78 is 11.3. The van der Waals surface area contributed by atoms with Gasteiger partial charge in [-0.1, -0.05) is 45.3 Å². The maximum absolute atomic E-state index is 6.19. The lowest BCUT2D eigenvalue weighted by Gasteiger charge is -2.37. The molecule has 2 heteroatoms. The molecular formula is C18H34O2. The first kappa shape index (κ1) is 17.7. The summed E-state index contributed by atoms with van der Waals surface area (Å²) in [4.78, 5) is 0. The fourth-order valence-electron chi connectivity index (χ4n) is 3.35. The van der Waals surface area contributed by atoms with Gasteiger partial charge in [-0.2, -0.15) is 0 Å². The van der Waals surface area contributed by atoms with E-state index in [1.807, 2.05) is 0 Å². The minimum Gasteiger partial charge on any atom is -0.385 e. The second-order valence-corrected chi connectivity index (χ2v) is 6.22. The van der Waals surface area contributed by atoms with Crippen molar-refractivity contribution in [2.24, 2.45) is 11.8 Å². The summed E-state index contributed by atoms with van der Waals surface area (Å²) in [5.74, 6) is 1.50. The largest absolute Gasteiger partial charge is 0.385 e. The van der Waals surface area contributed by atoms with Crippen molar-refractivity contribution in [3.8, 4) is 0 Å². The van der Waals surface area contributed by atoms with E-state index in [0.717, 1.165) is 44.3 Å². The van der Waals surface area contributed by atoms with E-state index in [-0.39, 0.29) is 0 Å². The molecule has 2 nitrogen and oxygen atoms in total. The fourth-order valence-corrected chi connectivity index (χ4v) is 3.35. The van der Waals surface area contributed by atoms with Crippen LogP contribution in [0.4, 0.5) is 0 Å². The fraction of sp³-hybridized carbons (Fsp3) is 0.889. The monoisotopic (exact) mass is 282 g/mol. The maximum atomic E-state index is 6.19. The van der Waals surface area contributed by atoms with E-state index >= 15 is 0 Å². The number of hydrogen-bond acceptors (Lipinski definition) is 2. The lowest BCUT2D eigenvalue weighted by molar-refractivity contribution is -0.0190. The second kappa shape index (κ2) is 10.4. The molecule has 3 unspecified atom stereocenters. The highest BCUT2D eigenvalue weighted by Crippen LogP contribution is 2.37. The minimum absolute atomic E-state index is 0.448. The third-order valence-electron chi connectivity index (χ3n) is 4.54. The van der Waals surface area contributed by atoms with Crippen LogP contribution < -0.4 is 0 Å². The van der Waals surface area contributed by atoms with Crippen LogP contribution in [-0.2, 0) is 9.47 Å². The Bertz CT molecular complexity index is 273. The Balaban J connectivity index is 2.50. The number of allylic oxidation sites excluding steroid dienone is 1. The molecule has 0 aromatic heterocycles. The zero-order valence-electron chi connectivity index (χ0n) is 14.0. The lowest BCUT2D eigenvalue weighted by Crippen LogP contribution is -2.34. The molecule has 1 fully saturated rings. The molecule has 3 atom stereocenters. The van der Waals surface area contributed by atoms with Crippen molar-refractivity contribution >= 4 is 0 Å². The van der Waals surface area contributed by atoms with E-state index in [1.54, 1.807) is 12.7 Å². The number of ether oxygens (including phenoxy) is 2. The Hall–Kier alpha value is -0.340. The molecule has 0 saturated heterocycles. The van der Waals surface area contributed by atoms with Crippen LogP contribution >= 0.6 is 0 Å². The van der Waals surface area contributed by atoms with Crippen LogP contribution in [0.3, 0.4) is 0 Å². The summed E-state index contributed by atoms with van der Waals surface area (Å²) in [5, 5.41) is 0. The molecule has 0 N–H and O–H groups in total. The Morgan fingerprint density at radius 1 is 1.15 bits per heavy atom. The predicted molar refractivity (Wildman–Crippen MR) is 86.0 cm³/mol. The first-order valence-corrected chi connectivity index (χ1v) is 8.51. The van der Waals surface area contributed by atoms with E-state index < -0.39 is 0 Å². The number of hydrogen-bond donors (Lipinski definition) is 0. The maximum Gasteiger partial charge on any atom is 0.0642 e. The number of unbranched alkanes of at least 4 members (excludes halogenated alkanes) is 2. The Labute approximate surface area is 125 Å². The molecule has 0 spiro atoms. The van der Waals surface area contributed by atoms with E-state index in [9.17, 15) is 0 Å². The first-order chi connectivity index (χ1) is 9.72. The van der Waals surface area contributed by atoms with Crippen molar-refractivity contribution in [2.45, 2.75) is 71.8 Å². The van der Waals surface area contributed by atoms with Gasteiger partial charge < -0.3 is 9.47 Å². The summed E-state index contributed by atoms with van der Waals surface area (Å²) >= 11 is 0. The molecule has 0 amide bonds. The van der Waals surface area contributed by atoms with E-state index in [0.29, 0.717) is 6.10 Å². The van der Waals surface area contributed by atoms with Crippen LogP contribution in [0.25, 0.3) is 0 Å². The average Bonchev–Trinajstić information content (AvgIpc) is 2.44. The van der Waals surface area contributed by atoms with Gasteiger partial charge in [0.2, 0.25) is 0 Å². The smallest absolute Gasteiger partial charge is 0.0642 e. The molecule has 0 radical (unpaired) electrons. The van der Waals surface area contributed by atoms with Crippen LogP contribution in [0.2, 0.25) is 0 Å². The van der Waals surface area contributed by atoms with Gasteiger partial charge in [0.05, 0.1) is 6.10 Å². The minimum atomic E-state index is 0.448. The Kier molecular flexibility index (Phi) is 9.21. The lowest BCUT2D eigenvalue weighted by atomic mass is 9.74. The van der Waals surface area contributed by atoms with Gasteiger partial charge in [-0.25, -0.2) is 0 Å². The van der Waals surface area contributed by atoms with Gasteiger partial charge >= 0.3 is 0 Å². The second-order valence-electron chi connectivity index (χ2n) is 6.22. The van der Waals surface area contributed by atoms with Crippen LogP contribution in [0.5, 0.6) is 0 Å². The molecule has 0 heterocycles. The van der Waals surface area contributed by atoms with E-state index in [1.165, 1.54) is 25.7 Å². The van der Waals surface area contributed by atoms with E-state index in [2.05, 4.69) is 26.8 Å². The molecule has 0 aliphatic heterocycles. The standard InChI is InChI=1S/C18H34O2/c1-5-7-12-20-18-14-16(10-8-9-11-19-4)13-15(3)17(18)6-2/h10,15,17-18H,5-9,11-14H2,1-4H3. The van der Waals surface area contributed by atoms with Crippen molar-refractivity contribution in [1.29, 1.82) is 0 Å². The molecule has 1 aliphatic carbocycles. The van der Waals surface area contributed by atoms with Gasteiger partial charge in [0.15, 0.2) is 0 Å². The quantitative estimate of drug-likeness (QED) is 0.438. The summed E-state index contributed by atoms with van der Waals surface area (Å²) in [6, 6.07) is 0. The topological polar surface area (TPSA) is 18.5 Å². The van der Waals surface area contributed by atoms with Gasteiger partial charge in [0.1, 0.15) is 0 Å². The van der Waals surface area contributed by atoms with E-state index in [4.69, 9.17) is 9.47 Å². The molecule has 0 aromatic carbocycles. The molecular weight excluding hydrogens is 248 g/mol. The summed E-state index contributed by atoms with van der Waals surface area (Å²) in [5.41, 5.74) is 1.61. The average molecular weight is 282 g/mol. The summed E-state index contributed by atoms with van der Waals surface area (Å²) in [6.07, 6.45) is 11.2. The first-order valence-electron chi connectivity index (χ1n) is 8.51. The highest BCUT2D eigenvalue weighted by molar-refractivity contribution is 5.09. The number of rotatable bonds is 9. The van der Waals surface area contributed by atoms with Crippen LogP contribution in [0, 0.1) is 11.8 Å². The highest BCUT2D eigenvalue weighted by atomic mass is 16.5. The molecule has 0 aromatic rings. The van der Waals surface area contributed by atoms with Gasteiger partial charge in [-0.3, -0.25) is 0 Å². The van der Waals surface area contributed by atoms with Gasteiger partial charge in [-0.15, -0.1) is 0 Å². The van der Waals surface area contributed by atoms with Crippen molar-refractivity contribution in [3.05, 3.63) is 11.6 Å². The van der Waals surface area contributed by atoms with Gasteiger partial charge in [-0.05, 0) is 43.9 Å². The highest BCUT2D eigenvalue weighted by Gasteiger charge is 2.31. The van der Waals surface area contributed by atoms with Gasteiger partial charge in [0, 0.05) is 20.3 Å². The third-order valence-corrected chi connectivity index (χ3v) is 4.54. The molecule has 1 rings (SSSR count). The Morgan fingerprint density at radius 2 is 1.95 bits per heavy atom. The summed E-state index contributed by atoms with van der Waals surface area (Å²) in [7, 11) is 1.78. The van der Waals surface area contributed by atoms with Crippen molar-refractivity contribution in [2.75, 3.05) is 20.3 Å². The number of methoxy groups -OCH3 is 1. The third kappa shape index (κ3) is 5.97. The normalized spacial score (nSPS) is 29.0. The zero-order chi connectivity index (χ0) is 14.8. The van der Waals surface area contributed by atoms with Crippen LogP contribution in [0.15, 0.2) is 11.6 Å². The Morgan fingerprint density at radius 3 is 2.60 bits per heavy atom.